The molecule has 2 aliphatic carbocycles. The van der Waals surface area contributed by atoms with Gasteiger partial charge in [-0.25, -0.2) is 18.2 Å². The number of fused-ring (bicyclic) bond motifs is 3. The van der Waals surface area contributed by atoms with E-state index in [0.29, 0.717) is 37.3 Å². The zero-order valence-electron chi connectivity index (χ0n) is 28.3. The minimum atomic E-state index is -3.86. The van der Waals surface area contributed by atoms with E-state index < -0.39 is 74.3 Å². The number of aryl methyl sites for hydroxylation is 1. The van der Waals surface area contributed by atoms with E-state index in [-0.39, 0.29) is 19.4 Å². The van der Waals surface area contributed by atoms with Crippen LogP contribution in [0.15, 0.2) is 30.4 Å². The largest absolute Gasteiger partial charge is 0.465 e. The highest BCUT2D eigenvalue weighted by molar-refractivity contribution is 7.91. The summed E-state index contributed by atoms with van der Waals surface area (Å²) in [7, 11) is -3.86. The molecular formula is C34H45N5O8S2. The third-order valence-corrected chi connectivity index (χ3v) is 12.3. The molecule has 0 spiro atoms. The molecule has 1 saturated heterocycles. The lowest BCUT2D eigenvalue weighted by atomic mass is 10.0. The molecule has 15 heteroatoms. The smallest absolute Gasteiger partial charge is 0.408 e. The van der Waals surface area contributed by atoms with Crippen molar-refractivity contribution in [2.75, 3.05) is 6.54 Å². The topological polar surface area (TPSA) is 173 Å². The summed E-state index contributed by atoms with van der Waals surface area (Å²) in [6.45, 7) is 7.23. The Kier molecular flexibility index (Phi) is 9.70. The van der Waals surface area contributed by atoms with Crippen molar-refractivity contribution in [3.8, 4) is 5.19 Å². The number of hydrogen-bond acceptors (Lipinski definition) is 10. The van der Waals surface area contributed by atoms with E-state index in [2.05, 4.69) is 20.3 Å². The SMILES string of the molecule is Cc1cccc2nc(O[C@@H]3C[C@H]4C(=O)N[C@]5(C(=O)NS(=O)(=O)C6CC6)C[C@H]5/C=C\CCCCC[C@H](NC(=O)OC(C)(C)C)C(=O)N4C3)sc12. The van der Waals surface area contributed by atoms with Gasteiger partial charge >= 0.3 is 6.09 Å². The average molecular weight is 716 g/mol. The van der Waals surface area contributed by atoms with Gasteiger partial charge < -0.3 is 25.0 Å². The summed E-state index contributed by atoms with van der Waals surface area (Å²) in [5, 5.41) is 5.40. The summed E-state index contributed by atoms with van der Waals surface area (Å²) in [6, 6.07) is 3.76. The van der Waals surface area contributed by atoms with Crippen LogP contribution >= 0.6 is 11.3 Å². The summed E-state index contributed by atoms with van der Waals surface area (Å²) in [5.41, 5.74) is -0.422. The molecule has 2 aromatic rings. The Labute approximate surface area is 290 Å². The van der Waals surface area contributed by atoms with Gasteiger partial charge in [-0.1, -0.05) is 48.5 Å². The molecule has 1 aromatic heterocycles. The molecule has 4 aliphatic rings. The second kappa shape index (κ2) is 13.5. The number of hydrogen-bond donors (Lipinski definition) is 3. The Morgan fingerprint density at radius 1 is 1.12 bits per heavy atom. The average Bonchev–Trinajstić information content (AvgIpc) is 3.90. The zero-order valence-corrected chi connectivity index (χ0v) is 30.0. The number of alkyl carbamates (subject to hydrolysis) is 1. The molecule has 266 valence electrons. The molecule has 6 rings (SSSR count). The summed E-state index contributed by atoms with van der Waals surface area (Å²) < 4.78 is 40.5. The lowest BCUT2D eigenvalue weighted by molar-refractivity contribution is -0.141. The van der Waals surface area contributed by atoms with Crippen molar-refractivity contribution in [1.82, 2.24) is 25.2 Å². The first-order chi connectivity index (χ1) is 23.1. The fourth-order valence-electron chi connectivity index (χ4n) is 6.56. The lowest BCUT2D eigenvalue weighted by Crippen LogP contribution is -2.58. The Bertz CT molecular complexity index is 1760. The Hall–Kier alpha value is -3.72. The summed E-state index contributed by atoms with van der Waals surface area (Å²) in [5.74, 6) is -2.24. The highest BCUT2D eigenvalue weighted by Crippen LogP contribution is 2.46. The number of carbonyl (C=O) groups excluding carboxylic acids is 4. The van der Waals surface area contributed by atoms with Gasteiger partial charge in [0.2, 0.25) is 21.8 Å². The lowest BCUT2D eigenvalue weighted by Gasteiger charge is -2.30. The van der Waals surface area contributed by atoms with Crippen molar-refractivity contribution in [1.29, 1.82) is 0 Å². The number of rotatable bonds is 6. The monoisotopic (exact) mass is 715 g/mol. The van der Waals surface area contributed by atoms with Crippen LogP contribution in [0.1, 0.15) is 84.1 Å². The molecule has 3 fully saturated rings. The van der Waals surface area contributed by atoms with Crippen LogP contribution in [0.3, 0.4) is 0 Å². The van der Waals surface area contributed by atoms with Crippen molar-refractivity contribution in [3.63, 3.8) is 0 Å². The number of ether oxygens (including phenoxy) is 2. The van der Waals surface area contributed by atoms with Gasteiger partial charge in [0.25, 0.3) is 11.1 Å². The Morgan fingerprint density at radius 3 is 2.61 bits per heavy atom. The molecule has 2 aliphatic heterocycles. The van der Waals surface area contributed by atoms with Crippen LogP contribution in [0.5, 0.6) is 5.19 Å². The van der Waals surface area contributed by atoms with Crippen LogP contribution in [-0.4, -0.2) is 83.2 Å². The Balaban J connectivity index is 1.29. The quantitative estimate of drug-likeness (QED) is 0.376. The molecule has 4 amide bonds. The van der Waals surface area contributed by atoms with Gasteiger partial charge in [-0.2, -0.15) is 0 Å². The summed E-state index contributed by atoms with van der Waals surface area (Å²) >= 11 is 1.38. The number of allylic oxidation sites excluding steroid dienone is 1. The molecule has 5 atom stereocenters. The van der Waals surface area contributed by atoms with Gasteiger partial charge in [-0.15, -0.1) is 0 Å². The van der Waals surface area contributed by atoms with Crippen LogP contribution in [0.4, 0.5) is 4.79 Å². The van der Waals surface area contributed by atoms with Crippen molar-refractivity contribution in [2.45, 2.75) is 120 Å². The van der Waals surface area contributed by atoms with Crippen LogP contribution in [0, 0.1) is 12.8 Å². The normalized spacial score (nSPS) is 28.7. The molecule has 49 heavy (non-hydrogen) atoms. The number of nitrogens with zero attached hydrogens (tertiary/aromatic N) is 2. The number of sulfonamides is 1. The number of nitrogens with one attached hydrogen (secondary N) is 3. The molecular weight excluding hydrogens is 671 g/mol. The van der Waals surface area contributed by atoms with Gasteiger partial charge in [0.15, 0.2) is 0 Å². The molecule has 0 radical (unpaired) electrons. The van der Waals surface area contributed by atoms with E-state index >= 15 is 0 Å². The van der Waals surface area contributed by atoms with Crippen LogP contribution in [0.25, 0.3) is 10.2 Å². The van der Waals surface area contributed by atoms with Gasteiger partial charge in [-0.05, 0) is 77.8 Å². The summed E-state index contributed by atoms with van der Waals surface area (Å²) in [4.78, 5) is 61.0. The third-order valence-electron chi connectivity index (χ3n) is 9.39. The molecule has 0 unspecified atom stereocenters. The fraction of sp³-hybridized carbons (Fsp3) is 0.618. The van der Waals surface area contributed by atoms with Crippen LogP contribution in [-0.2, 0) is 29.1 Å². The predicted octanol–water partition coefficient (Wildman–Crippen LogP) is 3.85. The molecule has 2 saturated carbocycles. The molecule has 3 heterocycles. The standard InChI is InChI=1S/C34H45N5O8S2/c1-20-11-10-14-24-27(20)48-32(36-24)46-22-17-26-28(40)37-34(30(42)38-49(44,45)23-15-16-23)18-21(34)12-8-6-5-7-9-13-25(29(41)39(26)19-22)35-31(43)47-33(2,3)4/h8,10-12,14,21-23,25-26H,5-7,9,13,15-19H2,1-4H3,(H,35,43)(H,37,40)(H,38,42)/b12-8-/t21-,22-,25+,26+,34-/m1/s1. The van der Waals surface area contributed by atoms with Crippen molar-refractivity contribution in [2.24, 2.45) is 5.92 Å². The van der Waals surface area contributed by atoms with Crippen LogP contribution < -0.4 is 20.1 Å². The van der Waals surface area contributed by atoms with E-state index in [4.69, 9.17) is 9.47 Å². The molecule has 13 nitrogen and oxygen atoms in total. The molecule has 1 aromatic carbocycles. The van der Waals surface area contributed by atoms with Crippen LogP contribution in [0.2, 0.25) is 0 Å². The number of amides is 4. The maximum absolute atomic E-state index is 14.3. The van der Waals surface area contributed by atoms with E-state index in [9.17, 15) is 27.6 Å². The van der Waals surface area contributed by atoms with Crippen molar-refractivity contribution >= 4 is 55.4 Å². The minimum absolute atomic E-state index is 0.0386. The first-order valence-corrected chi connectivity index (χ1v) is 19.4. The second-order valence-electron chi connectivity index (χ2n) is 14.6. The van der Waals surface area contributed by atoms with Gasteiger partial charge in [0, 0.05) is 12.3 Å². The molecule has 0 bridgehead atoms. The first kappa shape index (κ1) is 35.1. The maximum atomic E-state index is 14.3. The highest BCUT2D eigenvalue weighted by atomic mass is 32.2. The summed E-state index contributed by atoms with van der Waals surface area (Å²) in [6.07, 6.45) is 7.05. The number of aromatic nitrogens is 1. The zero-order chi connectivity index (χ0) is 35.1. The maximum Gasteiger partial charge on any atom is 0.408 e. The van der Waals surface area contributed by atoms with Gasteiger partial charge in [0.1, 0.15) is 29.3 Å². The van der Waals surface area contributed by atoms with Crippen molar-refractivity contribution < 1.29 is 37.1 Å². The van der Waals surface area contributed by atoms with Crippen molar-refractivity contribution in [3.05, 3.63) is 35.9 Å². The minimum Gasteiger partial charge on any atom is -0.465 e. The third kappa shape index (κ3) is 8.03. The number of carbonyl (C=O) groups is 4. The first-order valence-electron chi connectivity index (χ1n) is 17.0. The molecule has 3 N–H and O–H groups in total. The van der Waals surface area contributed by atoms with Gasteiger partial charge in [-0.3, -0.25) is 19.1 Å². The van der Waals surface area contributed by atoms with E-state index in [1.54, 1.807) is 20.8 Å². The second-order valence-corrected chi connectivity index (χ2v) is 17.5. The van der Waals surface area contributed by atoms with Gasteiger partial charge in [0.05, 0.1) is 22.0 Å². The number of benzene rings is 1. The predicted molar refractivity (Wildman–Crippen MR) is 183 cm³/mol. The fourth-order valence-corrected chi connectivity index (χ4v) is 8.87. The van der Waals surface area contributed by atoms with E-state index in [1.807, 2.05) is 37.3 Å². The van der Waals surface area contributed by atoms with E-state index in [0.717, 1.165) is 28.6 Å². The highest BCUT2D eigenvalue weighted by Gasteiger charge is 2.62. The number of thiazole rings is 1. The Morgan fingerprint density at radius 2 is 1.90 bits per heavy atom. The van der Waals surface area contributed by atoms with E-state index in [1.165, 1.54) is 16.2 Å².